The smallest absolute Gasteiger partial charge is 0.0182 e. The maximum atomic E-state index is 6.90. The van der Waals surface area contributed by atoms with Gasteiger partial charge in [-0.05, 0) is 31.6 Å². The number of hydrogen-bond donors (Lipinski definition) is 1. The third-order valence-electron chi connectivity index (χ3n) is 6.79. The van der Waals surface area contributed by atoms with Crippen LogP contribution in [0.15, 0.2) is 0 Å². The Labute approximate surface area is 180 Å². The summed E-state index contributed by atoms with van der Waals surface area (Å²) in [6.07, 6.45) is 29.1. The van der Waals surface area contributed by atoms with Crippen LogP contribution < -0.4 is 5.73 Å². The molecule has 0 aromatic rings. The summed E-state index contributed by atoms with van der Waals surface area (Å²) < 4.78 is 0. The quantitative estimate of drug-likeness (QED) is 0.181. The number of hydrogen-bond acceptors (Lipinski definition) is 1. The molecule has 0 rings (SSSR count). The Hall–Kier alpha value is -0.0400. The fourth-order valence-corrected chi connectivity index (χ4v) is 5.12. The molecule has 1 atom stereocenters. The second-order valence-electron chi connectivity index (χ2n) is 9.60. The third kappa shape index (κ3) is 14.9. The number of rotatable bonds is 22. The fraction of sp³-hybridized carbons (Fsp3) is 1.00. The zero-order chi connectivity index (χ0) is 20.9. The minimum Gasteiger partial charge on any atom is -0.325 e. The standard InChI is InChI=1S/C27H57N/c1-5-9-10-11-12-13-14-15-16-17-18-19-20-21-23-26(22-6-2)27(28,24-7-3)25-8-4/h26H,5-25,28H2,1-4H3. The number of nitrogens with two attached hydrogens (primary N) is 1. The molecule has 0 heterocycles. The summed E-state index contributed by atoms with van der Waals surface area (Å²) in [6, 6.07) is 0. The lowest BCUT2D eigenvalue weighted by Gasteiger charge is -2.38. The molecule has 170 valence electrons. The zero-order valence-corrected chi connectivity index (χ0v) is 20.5. The van der Waals surface area contributed by atoms with Crippen LogP contribution in [0, 0.1) is 5.92 Å². The van der Waals surface area contributed by atoms with E-state index in [0.29, 0.717) is 0 Å². The average Bonchev–Trinajstić information content (AvgIpc) is 2.67. The molecule has 28 heavy (non-hydrogen) atoms. The van der Waals surface area contributed by atoms with Crippen LogP contribution in [-0.4, -0.2) is 5.54 Å². The monoisotopic (exact) mass is 395 g/mol. The molecule has 0 amide bonds. The SMILES string of the molecule is CCCCCCCCCCCCCCCCC(CCC)C(N)(CCC)CCC. The molecular weight excluding hydrogens is 338 g/mol. The molecule has 0 radical (unpaired) electrons. The fourth-order valence-electron chi connectivity index (χ4n) is 5.12. The Morgan fingerprint density at radius 2 is 0.857 bits per heavy atom. The zero-order valence-electron chi connectivity index (χ0n) is 20.5. The average molecular weight is 396 g/mol. The van der Waals surface area contributed by atoms with Gasteiger partial charge in [0.15, 0.2) is 0 Å². The van der Waals surface area contributed by atoms with Crippen LogP contribution in [0.3, 0.4) is 0 Å². The first kappa shape index (κ1) is 28.0. The van der Waals surface area contributed by atoms with Crippen molar-refractivity contribution in [2.24, 2.45) is 11.7 Å². The van der Waals surface area contributed by atoms with Gasteiger partial charge in [-0.25, -0.2) is 0 Å². The highest BCUT2D eigenvalue weighted by Crippen LogP contribution is 2.33. The molecule has 0 bridgehead atoms. The Kier molecular flexibility index (Phi) is 20.2. The molecule has 0 aliphatic carbocycles. The van der Waals surface area contributed by atoms with Crippen LogP contribution in [0.25, 0.3) is 0 Å². The van der Waals surface area contributed by atoms with E-state index in [-0.39, 0.29) is 5.54 Å². The summed E-state index contributed by atoms with van der Waals surface area (Å²) in [5, 5.41) is 0. The highest BCUT2D eigenvalue weighted by atomic mass is 14.8. The van der Waals surface area contributed by atoms with Gasteiger partial charge in [-0.2, -0.15) is 0 Å². The first-order valence-corrected chi connectivity index (χ1v) is 13.4. The molecule has 0 saturated carbocycles. The normalized spacial score (nSPS) is 13.2. The van der Waals surface area contributed by atoms with Crippen LogP contribution >= 0.6 is 0 Å². The van der Waals surface area contributed by atoms with E-state index in [1.807, 2.05) is 0 Å². The van der Waals surface area contributed by atoms with Crippen LogP contribution in [0.5, 0.6) is 0 Å². The van der Waals surface area contributed by atoms with E-state index in [0.717, 1.165) is 5.92 Å². The molecule has 1 heteroatoms. The van der Waals surface area contributed by atoms with Crippen molar-refractivity contribution >= 4 is 0 Å². The minimum atomic E-state index is 0.107. The molecule has 1 unspecified atom stereocenters. The Morgan fingerprint density at radius 3 is 1.21 bits per heavy atom. The summed E-state index contributed by atoms with van der Waals surface area (Å²) in [7, 11) is 0. The number of unbranched alkanes of at least 4 members (excludes halogenated alkanes) is 13. The van der Waals surface area contributed by atoms with Crippen molar-refractivity contribution in [2.45, 2.75) is 168 Å². The summed E-state index contributed by atoms with van der Waals surface area (Å²) in [4.78, 5) is 0. The van der Waals surface area contributed by atoms with Crippen molar-refractivity contribution in [3.63, 3.8) is 0 Å². The van der Waals surface area contributed by atoms with Crippen molar-refractivity contribution in [3.05, 3.63) is 0 Å². The van der Waals surface area contributed by atoms with E-state index in [1.165, 1.54) is 135 Å². The van der Waals surface area contributed by atoms with Gasteiger partial charge in [0.2, 0.25) is 0 Å². The largest absolute Gasteiger partial charge is 0.325 e. The molecular formula is C27H57N. The molecule has 0 spiro atoms. The van der Waals surface area contributed by atoms with E-state index in [1.54, 1.807) is 0 Å². The third-order valence-corrected chi connectivity index (χ3v) is 6.79. The Morgan fingerprint density at radius 1 is 0.464 bits per heavy atom. The second-order valence-corrected chi connectivity index (χ2v) is 9.60. The van der Waals surface area contributed by atoms with Gasteiger partial charge in [0.25, 0.3) is 0 Å². The lowest BCUT2D eigenvalue weighted by atomic mass is 9.73. The van der Waals surface area contributed by atoms with Gasteiger partial charge in [0.05, 0.1) is 0 Å². The van der Waals surface area contributed by atoms with Gasteiger partial charge < -0.3 is 5.73 Å². The maximum absolute atomic E-state index is 6.90. The van der Waals surface area contributed by atoms with Gasteiger partial charge in [-0.15, -0.1) is 0 Å². The molecule has 1 nitrogen and oxygen atoms in total. The molecule has 2 N–H and O–H groups in total. The molecule has 0 aromatic carbocycles. The van der Waals surface area contributed by atoms with Gasteiger partial charge in [0, 0.05) is 5.54 Å². The van der Waals surface area contributed by atoms with Gasteiger partial charge in [0.1, 0.15) is 0 Å². The van der Waals surface area contributed by atoms with Gasteiger partial charge in [-0.1, -0.05) is 137 Å². The predicted octanol–water partition coefficient (Wildman–Crippen LogP) is 9.57. The van der Waals surface area contributed by atoms with Crippen molar-refractivity contribution in [2.75, 3.05) is 0 Å². The van der Waals surface area contributed by atoms with Crippen molar-refractivity contribution in [3.8, 4) is 0 Å². The van der Waals surface area contributed by atoms with Gasteiger partial charge in [-0.3, -0.25) is 0 Å². The van der Waals surface area contributed by atoms with Crippen molar-refractivity contribution < 1.29 is 0 Å². The Bertz CT molecular complexity index is 293. The molecule has 0 aromatic heterocycles. The van der Waals surface area contributed by atoms with E-state index in [4.69, 9.17) is 5.73 Å². The van der Waals surface area contributed by atoms with Crippen LogP contribution in [0.2, 0.25) is 0 Å². The van der Waals surface area contributed by atoms with Crippen LogP contribution in [0.4, 0.5) is 0 Å². The summed E-state index contributed by atoms with van der Waals surface area (Å²) >= 11 is 0. The second kappa shape index (κ2) is 20.2. The van der Waals surface area contributed by atoms with E-state index in [9.17, 15) is 0 Å². The highest BCUT2D eigenvalue weighted by Gasteiger charge is 2.31. The van der Waals surface area contributed by atoms with E-state index < -0.39 is 0 Å². The lowest BCUT2D eigenvalue weighted by molar-refractivity contribution is 0.200. The maximum Gasteiger partial charge on any atom is 0.0182 e. The van der Waals surface area contributed by atoms with Crippen LogP contribution in [0.1, 0.15) is 163 Å². The van der Waals surface area contributed by atoms with Gasteiger partial charge >= 0.3 is 0 Å². The van der Waals surface area contributed by atoms with E-state index in [2.05, 4.69) is 27.7 Å². The van der Waals surface area contributed by atoms with Crippen LogP contribution in [-0.2, 0) is 0 Å². The lowest BCUT2D eigenvalue weighted by Crippen LogP contribution is -2.47. The Balaban J connectivity index is 3.70. The van der Waals surface area contributed by atoms with E-state index >= 15 is 0 Å². The summed E-state index contributed by atoms with van der Waals surface area (Å²) in [5.74, 6) is 0.745. The predicted molar refractivity (Wildman–Crippen MR) is 130 cm³/mol. The first-order chi connectivity index (χ1) is 13.6. The minimum absolute atomic E-state index is 0.107. The van der Waals surface area contributed by atoms with Crippen molar-refractivity contribution in [1.29, 1.82) is 0 Å². The molecule has 0 saturated heterocycles. The first-order valence-electron chi connectivity index (χ1n) is 13.4. The topological polar surface area (TPSA) is 26.0 Å². The summed E-state index contributed by atoms with van der Waals surface area (Å²) in [5.41, 5.74) is 7.01. The molecule has 0 aliphatic rings. The molecule has 0 fully saturated rings. The van der Waals surface area contributed by atoms with Crippen molar-refractivity contribution in [1.82, 2.24) is 0 Å². The highest BCUT2D eigenvalue weighted by molar-refractivity contribution is 4.90. The molecule has 0 aliphatic heterocycles. The summed E-state index contributed by atoms with van der Waals surface area (Å²) in [6.45, 7) is 9.23.